The minimum absolute atomic E-state index is 0.165. The third kappa shape index (κ3) is 3.54. The van der Waals surface area contributed by atoms with E-state index in [-0.39, 0.29) is 17.1 Å². The van der Waals surface area contributed by atoms with Gasteiger partial charge in [0.2, 0.25) is 5.82 Å². The van der Waals surface area contributed by atoms with Crippen LogP contribution in [0, 0.1) is 21.4 Å². The molecule has 0 atom stereocenters. The number of aromatic nitrogens is 1. The van der Waals surface area contributed by atoms with Gasteiger partial charge in [-0.15, -0.1) is 0 Å². The Hall–Kier alpha value is -2.94. The Morgan fingerprint density at radius 3 is 2.57 bits per heavy atom. The van der Waals surface area contributed by atoms with Crippen LogP contribution < -0.4 is 5.32 Å². The summed E-state index contributed by atoms with van der Waals surface area (Å²) in [6.45, 7) is 2.51. The Morgan fingerprint density at radius 2 is 2.00 bits per heavy atom. The summed E-state index contributed by atoms with van der Waals surface area (Å²) in [4.78, 5) is 14.4. The third-order valence-corrected chi connectivity index (χ3v) is 3.08. The van der Waals surface area contributed by atoms with Crippen LogP contribution in [-0.2, 0) is 13.0 Å². The normalized spacial score (nSPS) is 9.90. The molecule has 2 rings (SSSR count). The van der Waals surface area contributed by atoms with Crippen LogP contribution in [0.25, 0.3) is 0 Å². The molecule has 106 valence electrons. The van der Waals surface area contributed by atoms with Gasteiger partial charge in [0.05, 0.1) is 10.5 Å². The van der Waals surface area contributed by atoms with Crippen molar-refractivity contribution in [1.29, 1.82) is 5.26 Å². The number of rotatable bonds is 5. The van der Waals surface area contributed by atoms with Crippen LogP contribution in [0.15, 0.2) is 36.5 Å². The summed E-state index contributed by atoms with van der Waals surface area (Å²) >= 11 is 0. The first-order chi connectivity index (χ1) is 10.1. The van der Waals surface area contributed by atoms with Crippen LogP contribution in [-0.4, -0.2) is 9.91 Å². The first kappa shape index (κ1) is 14.5. The zero-order valence-corrected chi connectivity index (χ0v) is 11.5. The zero-order valence-electron chi connectivity index (χ0n) is 11.5. The summed E-state index contributed by atoms with van der Waals surface area (Å²) in [6, 6.07) is 11.1. The molecule has 0 aliphatic heterocycles. The highest BCUT2D eigenvalue weighted by molar-refractivity contribution is 5.58. The Bertz CT molecular complexity index is 690. The van der Waals surface area contributed by atoms with Gasteiger partial charge in [0.1, 0.15) is 6.07 Å². The van der Waals surface area contributed by atoms with Gasteiger partial charge in [0.15, 0.2) is 0 Å². The van der Waals surface area contributed by atoms with Gasteiger partial charge < -0.3 is 5.32 Å². The van der Waals surface area contributed by atoms with Crippen molar-refractivity contribution in [2.24, 2.45) is 0 Å². The molecule has 0 bridgehead atoms. The van der Waals surface area contributed by atoms with Crippen LogP contribution in [0.5, 0.6) is 0 Å². The van der Waals surface area contributed by atoms with E-state index in [0.29, 0.717) is 6.54 Å². The molecule has 6 heteroatoms. The van der Waals surface area contributed by atoms with E-state index in [2.05, 4.69) is 17.2 Å². The molecule has 2 aromatic rings. The standard InChI is InChI=1S/C15H14N4O2/c1-2-11-3-5-12(6-4-11)9-17-15-14(19(20)21)7-13(8-16)10-18-15/h3-7,10H,2,9H2,1H3,(H,17,18). The van der Waals surface area contributed by atoms with E-state index in [1.165, 1.54) is 17.8 Å². The molecule has 21 heavy (non-hydrogen) atoms. The molecule has 1 aromatic heterocycles. The number of hydrogen-bond donors (Lipinski definition) is 1. The molecule has 0 saturated heterocycles. The second kappa shape index (κ2) is 6.48. The fourth-order valence-electron chi connectivity index (χ4n) is 1.87. The molecule has 6 nitrogen and oxygen atoms in total. The summed E-state index contributed by atoms with van der Waals surface area (Å²) in [5, 5.41) is 22.7. The number of hydrogen-bond acceptors (Lipinski definition) is 5. The molecule has 0 spiro atoms. The van der Waals surface area contributed by atoms with Crippen LogP contribution in [0.4, 0.5) is 11.5 Å². The zero-order chi connectivity index (χ0) is 15.2. The Kier molecular flexibility index (Phi) is 4.46. The van der Waals surface area contributed by atoms with E-state index in [0.717, 1.165) is 12.0 Å². The molecule has 0 amide bonds. The average Bonchev–Trinajstić information content (AvgIpc) is 2.53. The molecule has 0 radical (unpaired) electrons. The van der Waals surface area contributed by atoms with Crippen molar-refractivity contribution in [2.45, 2.75) is 19.9 Å². The van der Waals surface area contributed by atoms with Crippen molar-refractivity contribution in [2.75, 3.05) is 5.32 Å². The predicted molar refractivity (Wildman–Crippen MR) is 78.8 cm³/mol. The molecule has 1 aromatic carbocycles. The van der Waals surface area contributed by atoms with Crippen LogP contribution >= 0.6 is 0 Å². The van der Waals surface area contributed by atoms with Gasteiger partial charge in [-0.25, -0.2) is 4.98 Å². The largest absolute Gasteiger partial charge is 0.360 e. The maximum atomic E-state index is 11.0. The lowest BCUT2D eigenvalue weighted by molar-refractivity contribution is -0.384. The summed E-state index contributed by atoms with van der Waals surface area (Å²) in [5.74, 6) is 0.165. The summed E-state index contributed by atoms with van der Waals surface area (Å²) < 4.78 is 0. The van der Waals surface area contributed by atoms with Gasteiger partial charge in [-0.3, -0.25) is 10.1 Å². The van der Waals surface area contributed by atoms with Gasteiger partial charge in [-0.2, -0.15) is 5.26 Å². The summed E-state index contributed by atoms with van der Waals surface area (Å²) in [7, 11) is 0. The Balaban J connectivity index is 2.15. The van der Waals surface area contributed by atoms with Crippen molar-refractivity contribution >= 4 is 11.5 Å². The third-order valence-electron chi connectivity index (χ3n) is 3.08. The molecular weight excluding hydrogens is 268 g/mol. The summed E-state index contributed by atoms with van der Waals surface area (Å²) in [6.07, 6.45) is 2.28. The number of pyridine rings is 1. The molecule has 1 N–H and O–H groups in total. The number of anilines is 1. The average molecular weight is 282 g/mol. The quantitative estimate of drug-likeness (QED) is 0.672. The van der Waals surface area contributed by atoms with Crippen molar-refractivity contribution in [3.63, 3.8) is 0 Å². The van der Waals surface area contributed by atoms with Crippen molar-refractivity contribution in [3.8, 4) is 6.07 Å². The number of nitriles is 1. The first-order valence-electron chi connectivity index (χ1n) is 6.50. The minimum Gasteiger partial charge on any atom is -0.360 e. The Labute approximate surface area is 122 Å². The van der Waals surface area contributed by atoms with Crippen LogP contribution in [0.1, 0.15) is 23.6 Å². The first-order valence-corrected chi connectivity index (χ1v) is 6.50. The van der Waals surface area contributed by atoms with E-state index >= 15 is 0 Å². The second-order valence-corrected chi connectivity index (χ2v) is 4.48. The van der Waals surface area contributed by atoms with Gasteiger partial charge >= 0.3 is 5.69 Å². The Morgan fingerprint density at radius 1 is 1.33 bits per heavy atom. The lowest BCUT2D eigenvalue weighted by Gasteiger charge is -2.07. The van der Waals surface area contributed by atoms with E-state index in [4.69, 9.17) is 5.26 Å². The minimum atomic E-state index is -0.545. The maximum absolute atomic E-state index is 11.0. The molecule has 0 fully saturated rings. The summed E-state index contributed by atoms with van der Waals surface area (Å²) in [5.41, 5.74) is 2.22. The molecule has 0 saturated carbocycles. The van der Waals surface area contributed by atoms with E-state index in [1.807, 2.05) is 30.3 Å². The number of nitro groups is 1. The highest BCUT2D eigenvalue weighted by Crippen LogP contribution is 2.23. The lowest BCUT2D eigenvalue weighted by Crippen LogP contribution is -2.05. The van der Waals surface area contributed by atoms with Gasteiger partial charge in [-0.1, -0.05) is 31.2 Å². The van der Waals surface area contributed by atoms with E-state index in [9.17, 15) is 10.1 Å². The fourth-order valence-corrected chi connectivity index (χ4v) is 1.87. The molecule has 0 unspecified atom stereocenters. The number of benzene rings is 1. The fraction of sp³-hybridized carbons (Fsp3) is 0.200. The van der Waals surface area contributed by atoms with E-state index in [1.54, 1.807) is 0 Å². The molecule has 0 aliphatic rings. The predicted octanol–water partition coefficient (Wildman–Crippen LogP) is 3.04. The number of aryl methyl sites for hydroxylation is 1. The SMILES string of the molecule is CCc1ccc(CNc2ncc(C#N)cc2[N+](=O)[O-])cc1. The topological polar surface area (TPSA) is 91.8 Å². The van der Waals surface area contributed by atoms with Crippen molar-refractivity contribution in [1.82, 2.24) is 4.98 Å². The highest BCUT2D eigenvalue weighted by Gasteiger charge is 2.16. The maximum Gasteiger partial charge on any atom is 0.312 e. The van der Waals surface area contributed by atoms with Crippen LogP contribution in [0.3, 0.4) is 0 Å². The highest BCUT2D eigenvalue weighted by atomic mass is 16.6. The molecular formula is C15H14N4O2. The van der Waals surface area contributed by atoms with Crippen molar-refractivity contribution in [3.05, 3.63) is 63.3 Å². The molecule has 0 aliphatic carbocycles. The second-order valence-electron chi connectivity index (χ2n) is 4.48. The van der Waals surface area contributed by atoms with Crippen LogP contribution in [0.2, 0.25) is 0 Å². The van der Waals surface area contributed by atoms with Crippen molar-refractivity contribution < 1.29 is 4.92 Å². The number of nitrogens with one attached hydrogen (secondary N) is 1. The van der Waals surface area contributed by atoms with Gasteiger partial charge in [0.25, 0.3) is 0 Å². The van der Waals surface area contributed by atoms with Gasteiger partial charge in [-0.05, 0) is 17.5 Å². The molecule has 1 heterocycles. The monoisotopic (exact) mass is 282 g/mol. The smallest absolute Gasteiger partial charge is 0.312 e. The lowest BCUT2D eigenvalue weighted by atomic mass is 10.1. The van der Waals surface area contributed by atoms with Gasteiger partial charge in [0, 0.05) is 18.8 Å². The van der Waals surface area contributed by atoms with E-state index < -0.39 is 4.92 Å². The number of nitrogens with zero attached hydrogens (tertiary/aromatic N) is 3.